The van der Waals surface area contributed by atoms with Gasteiger partial charge in [0, 0.05) is 6.42 Å². The van der Waals surface area contributed by atoms with E-state index in [0.29, 0.717) is 23.8 Å². The summed E-state index contributed by atoms with van der Waals surface area (Å²) in [6, 6.07) is 28.1. The van der Waals surface area contributed by atoms with E-state index in [0.717, 1.165) is 50.2 Å². The number of fused-ring (bicyclic) bond motifs is 1. The van der Waals surface area contributed by atoms with Crippen molar-refractivity contribution in [2.45, 2.75) is 12.5 Å². The van der Waals surface area contributed by atoms with E-state index in [1.807, 2.05) is 65.7 Å². The fraction of sp³-hybridized carbons (Fsp3) is 0.156. The molecule has 0 aliphatic carbocycles. The molecule has 0 radical (unpaired) electrons. The Labute approximate surface area is 236 Å². The molecular weight excluding hydrogens is 522 g/mol. The number of methoxy groups -OCH3 is 3. The van der Waals surface area contributed by atoms with E-state index in [2.05, 4.69) is 35.3 Å². The summed E-state index contributed by atoms with van der Waals surface area (Å²) in [6.45, 7) is 0. The first-order chi connectivity index (χ1) is 19.6. The highest BCUT2D eigenvalue weighted by Gasteiger charge is 2.37. The molecule has 6 rings (SSSR count). The number of amidine groups is 1. The second kappa shape index (κ2) is 10.9. The lowest BCUT2D eigenvalue weighted by Crippen LogP contribution is -2.26. The maximum Gasteiger partial charge on any atom is 0.311 e. The monoisotopic (exact) mass is 549 g/mol. The first kappa shape index (κ1) is 25.7. The Bertz CT molecular complexity index is 1690. The van der Waals surface area contributed by atoms with Crippen LogP contribution < -0.4 is 14.2 Å². The number of thioether (sulfide) groups is 1. The van der Waals surface area contributed by atoms with E-state index in [4.69, 9.17) is 19.3 Å². The van der Waals surface area contributed by atoms with Crippen molar-refractivity contribution in [3.8, 4) is 17.2 Å². The Kier molecular flexibility index (Phi) is 7.00. The summed E-state index contributed by atoms with van der Waals surface area (Å²) < 4.78 is 16.2. The quantitative estimate of drug-likeness (QED) is 0.251. The summed E-state index contributed by atoms with van der Waals surface area (Å²) in [5.41, 5.74) is 3.89. The molecule has 4 aromatic rings. The zero-order valence-corrected chi connectivity index (χ0v) is 23.1. The van der Waals surface area contributed by atoms with Crippen molar-refractivity contribution >= 4 is 45.4 Å². The van der Waals surface area contributed by atoms with Gasteiger partial charge in [-0.05, 0) is 75.6 Å². The van der Waals surface area contributed by atoms with Crippen molar-refractivity contribution < 1.29 is 19.0 Å². The molecule has 0 saturated heterocycles. The first-order valence-corrected chi connectivity index (χ1v) is 13.6. The molecule has 1 unspecified atom stereocenters. The topological polar surface area (TPSA) is 72.7 Å². The van der Waals surface area contributed by atoms with Gasteiger partial charge in [0.25, 0.3) is 0 Å². The number of hydrazone groups is 1. The molecular formula is C32H27N3O4S. The average molecular weight is 550 g/mol. The molecule has 8 heteroatoms. The number of hydrogen-bond acceptors (Lipinski definition) is 7. The van der Waals surface area contributed by atoms with Crippen LogP contribution in [0.15, 0.2) is 99.9 Å². The Morgan fingerprint density at radius 3 is 2.38 bits per heavy atom. The number of carbonyl (C=O) groups excluding carboxylic acids is 1. The van der Waals surface area contributed by atoms with Gasteiger partial charge in [-0.25, -0.2) is 5.01 Å². The number of carbonyl (C=O) groups is 1. The van der Waals surface area contributed by atoms with Gasteiger partial charge < -0.3 is 14.2 Å². The molecule has 40 heavy (non-hydrogen) atoms. The van der Waals surface area contributed by atoms with Gasteiger partial charge in [0.1, 0.15) is 5.75 Å². The van der Waals surface area contributed by atoms with Crippen LogP contribution in [0.2, 0.25) is 0 Å². The SMILES string of the molecule is COc1ccc(C2CC(c3ccc4ccccc4c3)=NN2C2=NC(=O)S/C2=C\c2ccc(OC)c(OC)c2)cc1. The largest absolute Gasteiger partial charge is 0.497 e. The third-order valence-electron chi connectivity index (χ3n) is 7.03. The molecule has 0 aromatic heterocycles. The van der Waals surface area contributed by atoms with E-state index >= 15 is 0 Å². The van der Waals surface area contributed by atoms with E-state index < -0.39 is 0 Å². The van der Waals surface area contributed by atoms with Crippen LogP contribution in [0.3, 0.4) is 0 Å². The van der Waals surface area contributed by atoms with Crippen LogP contribution in [0.4, 0.5) is 4.79 Å². The molecule has 2 aliphatic heterocycles. The number of amides is 1. The molecule has 0 bridgehead atoms. The van der Waals surface area contributed by atoms with Gasteiger partial charge >= 0.3 is 5.24 Å². The Hall–Kier alpha value is -4.56. The molecule has 7 nitrogen and oxygen atoms in total. The predicted molar refractivity (Wildman–Crippen MR) is 161 cm³/mol. The second-order valence-electron chi connectivity index (χ2n) is 9.37. The van der Waals surface area contributed by atoms with Crippen molar-refractivity contribution in [3.05, 3.63) is 107 Å². The van der Waals surface area contributed by atoms with Gasteiger partial charge in [-0.15, -0.1) is 0 Å². The molecule has 0 fully saturated rings. The molecule has 1 amide bonds. The molecule has 0 saturated carbocycles. The van der Waals surface area contributed by atoms with Crippen LogP contribution in [-0.4, -0.2) is 43.1 Å². The zero-order chi connectivity index (χ0) is 27.6. The fourth-order valence-electron chi connectivity index (χ4n) is 4.99. The van der Waals surface area contributed by atoms with Crippen LogP contribution in [0, 0.1) is 0 Å². The van der Waals surface area contributed by atoms with Crippen LogP contribution in [0.5, 0.6) is 17.2 Å². The number of hydrogen-bond donors (Lipinski definition) is 0. The van der Waals surface area contributed by atoms with Crippen molar-refractivity contribution in [2.75, 3.05) is 21.3 Å². The molecule has 0 spiro atoms. The normalized spacial score (nSPS) is 17.8. The van der Waals surface area contributed by atoms with Crippen LogP contribution in [0.1, 0.15) is 29.2 Å². The number of nitrogens with zero attached hydrogens (tertiary/aromatic N) is 3. The van der Waals surface area contributed by atoms with E-state index in [9.17, 15) is 4.79 Å². The summed E-state index contributed by atoms with van der Waals surface area (Å²) in [5, 5.41) is 9.01. The van der Waals surface area contributed by atoms with Crippen molar-refractivity contribution in [2.24, 2.45) is 10.1 Å². The standard InChI is InChI=1S/C32H27N3O4S/c1-37-25-13-11-22(12-14-25)27-19-26(24-10-9-21-6-4-5-7-23(21)18-24)34-35(27)31-30(40-32(36)33-31)17-20-8-15-28(38-2)29(16-20)39-3/h4-18,27H,19H2,1-3H3/b30-17-. The third kappa shape index (κ3) is 4.94. The third-order valence-corrected chi connectivity index (χ3v) is 7.82. The predicted octanol–water partition coefficient (Wildman–Crippen LogP) is 7.32. The molecule has 200 valence electrons. The lowest BCUT2D eigenvalue weighted by atomic mass is 9.97. The second-order valence-corrected chi connectivity index (χ2v) is 10.4. The minimum Gasteiger partial charge on any atom is -0.497 e. The number of aliphatic imine (C=N–C) groups is 1. The van der Waals surface area contributed by atoms with Gasteiger partial charge in [-0.2, -0.15) is 10.1 Å². The zero-order valence-electron chi connectivity index (χ0n) is 22.3. The van der Waals surface area contributed by atoms with Crippen molar-refractivity contribution in [3.63, 3.8) is 0 Å². The molecule has 2 heterocycles. The highest BCUT2D eigenvalue weighted by Crippen LogP contribution is 2.40. The fourth-order valence-corrected chi connectivity index (χ4v) is 5.74. The Morgan fingerprint density at radius 1 is 0.850 bits per heavy atom. The number of benzene rings is 4. The number of rotatable bonds is 6. The van der Waals surface area contributed by atoms with Gasteiger partial charge in [0.2, 0.25) is 0 Å². The van der Waals surface area contributed by atoms with Crippen molar-refractivity contribution in [1.82, 2.24) is 5.01 Å². The lowest BCUT2D eigenvalue weighted by Gasteiger charge is -2.24. The van der Waals surface area contributed by atoms with Gasteiger partial charge in [-0.3, -0.25) is 4.79 Å². The first-order valence-electron chi connectivity index (χ1n) is 12.8. The van der Waals surface area contributed by atoms with E-state index in [1.54, 1.807) is 21.3 Å². The average Bonchev–Trinajstić information content (AvgIpc) is 3.60. The van der Waals surface area contributed by atoms with Crippen LogP contribution >= 0.6 is 11.8 Å². The molecule has 2 aliphatic rings. The summed E-state index contributed by atoms with van der Waals surface area (Å²) in [5.74, 6) is 2.55. The summed E-state index contributed by atoms with van der Waals surface area (Å²) in [4.78, 5) is 17.8. The van der Waals surface area contributed by atoms with Gasteiger partial charge in [-0.1, -0.05) is 54.6 Å². The highest BCUT2D eigenvalue weighted by molar-refractivity contribution is 8.18. The van der Waals surface area contributed by atoms with Gasteiger partial charge in [0.05, 0.1) is 38.0 Å². The molecule has 0 N–H and O–H groups in total. The molecule has 4 aromatic carbocycles. The minimum atomic E-state index is -0.274. The van der Waals surface area contributed by atoms with Crippen molar-refractivity contribution in [1.29, 1.82) is 0 Å². The van der Waals surface area contributed by atoms with E-state index in [1.165, 1.54) is 5.39 Å². The summed E-state index contributed by atoms with van der Waals surface area (Å²) >= 11 is 1.10. The number of ether oxygens (including phenoxy) is 3. The van der Waals surface area contributed by atoms with Crippen LogP contribution in [0.25, 0.3) is 16.8 Å². The Balaban J connectivity index is 1.42. The summed E-state index contributed by atoms with van der Waals surface area (Å²) in [7, 11) is 4.85. The lowest BCUT2D eigenvalue weighted by molar-refractivity contribution is 0.267. The minimum absolute atomic E-state index is 0.147. The Morgan fingerprint density at radius 2 is 1.62 bits per heavy atom. The van der Waals surface area contributed by atoms with Gasteiger partial charge in [0.15, 0.2) is 17.3 Å². The maximum absolute atomic E-state index is 12.7. The highest BCUT2D eigenvalue weighted by atomic mass is 32.2. The van der Waals surface area contributed by atoms with Crippen LogP contribution in [-0.2, 0) is 0 Å². The molecule has 1 atom stereocenters. The maximum atomic E-state index is 12.7. The summed E-state index contributed by atoms with van der Waals surface area (Å²) in [6.07, 6.45) is 2.59. The van der Waals surface area contributed by atoms with E-state index in [-0.39, 0.29) is 11.3 Å². The smallest absolute Gasteiger partial charge is 0.311 e.